The first-order valence-electron chi connectivity index (χ1n) is 9.95. The highest BCUT2D eigenvalue weighted by Crippen LogP contribution is 2.25. The number of hydrogen-bond donors (Lipinski definition) is 0. The molecule has 1 fully saturated rings. The Kier molecular flexibility index (Phi) is 6.18. The number of thioether (sulfide) groups is 1. The van der Waals surface area contributed by atoms with Gasteiger partial charge in [-0.05, 0) is 25.1 Å². The molecule has 0 radical (unpaired) electrons. The minimum absolute atomic E-state index is 0.216. The first-order valence-corrected chi connectivity index (χ1v) is 11.1. The van der Waals surface area contributed by atoms with E-state index in [1.165, 1.54) is 0 Å². The van der Waals surface area contributed by atoms with Crippen molar-refractivity contribution >= 4 is 23.6 Å². The molecule has 0 saturated carbocycles. The van der Waals surface area contributed by atoms with Crippen molar-refractivity contribution in [2.45, 2.75) is 13.0 Å². The van der Waals surface area contributed by atoms with E-state index in [0.29, 0.717) is 30.3 Å². The molecule has 154 valence electrons. The number of benzene rings is 2. The van der Waals surface area contributed by atoms with Crippen molar-refractivity contribution in [3.63, 3.8) is 0 Å². The summed E-state index contributed by atoms with van der Waals surface area (Å²) in [6, 6.07) is 20.5. The Morgan fingerprint density at radius 1 is 1.10 bits per heavy atom. The Labute approximate surface area is 179 Å². The summed E-state index contributed by atoms with van der Waals surface area (Å²) in [5.74, 6) is 0.751. The van der Waals surface area contributed by atoms with Crippen molar-refractivity contribution in [3.05, 3.63) is 72.4 Å². The first kappa shape index (κ1) is 20.2. The van der Waals surface area contributed by atoms with Crippen LogP contribution in [0, 0.1) is 0 Å². The van der Waals surface area contributed by atoms with Gasteiger partial charge in [0.15, 0.2) is 0 Å². The van der Waals surface area contributed by atoms with E-state index in [-0.39, 0.29) is 11.9 Å². The van der Waals surface area contributed by atoms with Crippen molar-refractivity contribution in [1.82, 2.24) is 14.7 Å². The van der Waals surface area contributed by atoms with Gasteiger partial charge in [-0.2, -0.15) is 16.9 Å². The van der Waals surface area contributed by atoms with Crippen LogP contribution in [0.2, 0.25) is 0 Å². The SMILES string of the molecule is CCOC(=O)[C@H]1CSCCN1C(=O)c1cc(-c2ccccc2)nn1-c1ccccc1. The van der Waals surface area contributed by atoms with Crippen molar-refractivity contribution in [1.29, 1.82) is 0 Å². The van der Waals surface area contributed by atoms with Crippen molar-refractivity contribution < 1.29 is 14.3 Å². The zero-order valence-corrected chi connectivity index (χ0v) is 17.5. The molecule has 0 spiro atoms. The molecule has 0 bridgehead atoms. The lowest BCUT2D eigenvalue weighted by atomic mass is 10.1. The number of aromatic nitrogens is 2. The summed E-state index contributed by atoms with van der Waals surface area (Å²) in [5.41, 5.74) is 2.86. The van der Waals surface area contributed by atoms with Gasteiger partial charge in [-0.25, -0.2) is 9.48 Å². The number of rotatable bonds is 5. The van der Waals surface area contributed by atoms with Gasteiger partial charge in [0, 0.05) is 23.6 Å². The van der Waals surface area contributed by atoms with E-state index in [1.807, 2.05) is 60.7 Å². The van der Waals surface area contributed by atoms with Gasteiger partial charge in [0.05, 0.1) is 18.0 Å². The van der Waals surface area contributed by atoms with Gasteiger partial charge in [-0.1, -0.05) is 48.5 Å². The Balaban J connectivity index is 1.75. The van der Waals surface area contributed by atoms with E-state index in [0.717, 1.165) is 17.0 Å². The third kappa shape index (κ3) is 4.11. The smallest absolute Gasteiger partial charge is 0.329 e. The monoisotopic (exact) mass is 421 g/mol. The number of nitrogens with zero attached hydrogens (tertiary/aromatic N) is 3. The van der Waals surface area contributed by atoms with Crippen LogP contribution in [0.25, 0.3) is 16.9 Å². The molecule has 1 amide bonds. The predicted octanol–water partition coefficient (Wildman–Crippen LogP) is 3.66. The van der Waals surface area contributed by atoms with Crippen LogP contribution in [0.5, 0.6) is 0 Å². The topological polar surface area (TPSA) is 64.4 Å². The molecule has 7 heteroatoms. The first-order chi connectivity index (χ1) is 14.7. The van der Waals surface area contributed by atoms with Crippen LogP contribution >= 0.6 is 11.8 Å². The molecule has 3 aromatic rings. The van der Waals surface area contributed by atoms with Crippen LogP contribution in [0.3, 0.4) is 0 Å². The van der Waals surface area contributed by atoms with E-state index in [9.17, 15) is 9.59 Å². The predicted molar refractivity (Wildman–Crippen MR) is 118 cm³/mol. The minimum Gasteiger partial charge on any atom is -0.464 e. The summed E-state index contributed by atoms with van der Waals surface area (Å²) >= 11 is 1.66. The molecule has 0 unspecified atom stereocenters. The third-order valence-electron chi connectivity index (χ3n) is 4.95. The largest absolute Gasteiger partial charge is 0.464 e. The molecule has 4 rings (SSSR count). The van der Waals surface area contributed by atoms with Gasteiger partial charge in [0.1, 0.15) is 11.7 Å². The fourth-order valence-corrected chi connectivity index (χ4v) is 4.51. The molecule has 6 nitrogen and oxygen atoms in total. The van der Waals surface area contributed by atoms with Crippen LogP contribution < -0.4 is 0 Å². The highest BCUT2D eigenvalue weighted by Gasteiger charge is 2.35. The lowest BCUT2D eigenvalue weighted by Crippen LogP contribution is -2.51. The molecule has 30 heavy (non-hydrogen) atoms. The molecular weight excluding hydrogens is 398 g/mol. The standard InChI is InChI=1S/C23H23N3O3S/c1-2-29-23(28)21-16-30-14-13-25(21)22(27)20-15-19(17-9-5-3-6-10-17)24-26(20)18-11-7-4-8-12-18/h3-12,15,21H,2,13-14,16H2,1H3/t21-/m1/s1. The lowest BCUT2D eigenvalue weighted by Gasteiger charge is -2.33. The van der Waals surface area contributed by atoms with Crippen LogP contribution in [-0.4, -0.2) is 57.3 Å². The van der Waals surface area contributed by atoms with Gasteiger partial charge in [0.2, 0.25) is 0 Å². The van der Waals surface area contributed by atoms with Crippen LogP contribution in [0.15, 0.2) is 66.7 Å². The van der Waals surface area contributed by atoms with E-state index in [1.54, 1.807) is 34.3 Å². The fraction of sp³-hybridized carbons (Fsp3) is 0.261. The molecule has 0 N–H and O–H groups in total. The molecule has 1 saturated heterocycles. The van der Waals surface area contributed by atoms with Gasteiger partial charge < -0.3 is 9.64 Å². The molecule has 2 heterocycles. The van der Waals surface area contributed by atoms with Crippen molar-refractivity contribution in [2.75, 3.05) is 24.7 Å². The molecule has 2 aromatic carbocycles. The molecule has 1 aliphatic rings. The number of ether oxygens (including phenoxy) is 1. The van der Waals surface area contributed by atoms with Crippen LogP contribution in [0.4, 0.5) is 0 Å². The summed E-state index contributed by atoms with van der Waals surface area (Å²) in [6.07, 6.45) is 0. The van der Waals surface area contributed by atoms with Gasteiger partial charge >= 0.3 is 5.97 Å². The molecule has 1 aromatic heterocycles. The van der Waals surface area contributed by atoms with Crippen molar-refractivity contribution in [3.8, 4) is 16.9 Å². The molecular formula is C23H23N3O3S. The summed E-state index contributed by atoms with van der Waals surface area (Å²) in [4.78, 5) is 27.7. The second-order valence-corrected chi connectivity index (χ2v) is 8.02. The number of carbonyl (C=O) groups is 2. The van der Waals surface area contributed by atoms with E-state index >= 15 is 0 Å². The number of carbonyl (C=O) groups excluding carboxylic acids is 2. The van der Waals surface area contributed by atoms with Crippen LogP contribution in [-0.2, 0) is 9.53 Å². The molecule has 1 atom stereocenters. The maximum absolute atomic E-state index is 13.6. The number of para-hydroxylation sites is 1. The van der Waals surface area contributed by atoms with E-state index in [2.05, 4.69) is 0 Å². The quantitative estimate of drug-likeness (QED) is 0.589. The average Bonchev–Trinajstić information content (AvgIpc) is 3.25. The average molecular weight is 422 g/mol. The zero-order chi connectivity index (χ0) is 20.9. The maximum Gasteiger partial charge on any atom is 0.329 e. The van der Waals surface area contributed by atoms with E-state index < -0.39 is 6.04 Å². The van der Waals surface area contributed by atoms with E-state index in [4.69, 9.17) is 9.84 Å². The van der Waals surface area contributed by atoms with Crippen LogP contribution in [0.1, 0.15) is 17.4 Å². The molecule has 1 aliphatic heterocycles. The minimum atomic E-state index is -0.588. The summed E-state index contributed by atoms with van der Waals surface area (Å²) < 4.78 is 6.88. The van der Waals surface area contributed by atoms with Gasteiger partial charge in [0.25, 0.3) is 5.91 Å². The summed E-state index contributed by atoms with van der Waals surface area (Å²) in [6.45, 7) is 2.56. The Morgan fingerprint density at radius 2 is 1.80 bits per heavy atom. The van der Waals surface area contributed by atoms with Gasteiger partial charge in [-0.15, -0.1) is 0 Å². The summed E-state index contributed by atoms with van der Waals surface area (Å²) in [5, 5.41) is 4.72. The fourth-order valence-electron chi connectivity index (χ4n) is 3.48. The highest BCUT2D eigenvalue weighted by molar-refractivity contribution is 7.99. The second kappa shape index (κ2) is 9.17. The maximum atomic E-state index is 13.6. The Bertz CT molecular complexity index is 1020. The lowest BCUT2D eigenvalue weighted by molar-refractivity contribution is -0.147. The van der Waals surface area contributed by atoms with Crippen molar-refractivity contribution in [2.24, 2.45) is 0 Å². The Morgan fingerprint density at radius 3 is 2.50 bits per heavy atom. The highest BCUT2D eigenvalue weighted by atomic mass is 32.2. The number of amides is 1. The normalized spacial score (nSPS) is 16.3. The number of hydrogen-bond acceptors (Lipinski definition) is 5. The third-order valence-corrected chi connectivity index (χ3v) is 5.97. The number of esters is 1. The second-order valence-electron chi connectivity index (χ2n) is 6.87. The van der Waals surface area contributed by atoms with Gasteiger partial charge in [-0.3, -0.25) is 4.79 Å². The Hall–Kier alpha value is -3.06. The summed E-state index contributed by atoms with van der Waals surface area (Å²) in [7, 11) is 0. The zero-order valence-electron chi connectivity index (χ0n) is 16.7. The molecule has 0 aliphatic carbocycles.